The summed E-state index contributed by atoms with van der Waals surface area (Å²) in [4.78, 5) is 0.222. The van der Waals surface area contributed by atoms with Crippen molar-refractivity contribution in [1.82, 2.24) is 4.57 Å². The summed E-state index contributed by atoms with van der Waals surface area (Å²) in [7, 11) is -1.80. The third-order valence-corrected chi connectivity index (χ3v) is 4.56. The Morgan fingerprint density at radius 3 is 2.40 bits per heavy atom. The molecular weight excluding hydrogens is 274 g/mol. The van der Waals surface area contributed by atoms with Crippen LogP contribution >= 0.6 is 0 Å². The number of hydrogen-bond donors (Lipinski definition) is 2. The number of nitrogens with one attached hydrogen (secondary N) is 1. The molecule has 0 aliphatic carbocycles. The molecule has 0 fully saturated rings. The number of sulfonamides is 1. The van der Waals surface area contributed by atoms with Crippen LogP contribution in [0.1, 0.15) is 18.2 Å². The Balaban J connectivity index is 2.25. The number of benzene rings is 1. The molecule has 0 amide bonds. The largest absolute Gasteiger partial charge is 0.352 e. The first-order valence-corrected chi connectivity index (χ1v) is 7.91. The van der Waals surface area contributed by atoms with E-state index < -0.39 is 10.0 Å². The zero-order chi connectivity index (χ0) is 14.8. The van der Waals surface area contributed by atoms with E-state index in [9.17, 15) is 8.42 Å². The van der Waals surface area contributed by atoms with E-state index in [0.29, 0.717) is 12.2 Å². The predicted octanol–water partition coefficient (Wildman–Crippen LogP) is 1.85. The minimum Gasteiger partial charge on any atom is -0.352 e. The summed E-state index contributed by atoms with van der Waals surface area (Å²) in [6, 6.07) is 8.94. The van der Waals surface area contributed by atoms with Crippen molar-refractivity contribution in [2.45, 2.75) is 24.8 Å². The molecule has 1 heterocycles. The van der Waals surface area contributed by atoms with Crippen LogP contribution < -0.4 is 10.5 Å². The Labute approximate surface area is 119 Å². The molecule has 5 nitrogen and oxygen atoms in total. The SMILES string of the molecule is CCc1ccc(NS(=O)(=O)c2cc(CN)n(C)c2)cc1. The second kappa shape index (κ2) is 5.68. The maximum absolute atomic E-state index is 12.3. The lowest BCUT2D eigenvalue weighted by molar-refractivity contribution is 0.601. The second-order valence-corrected chi connectivity index (χ2v) is 6.32. The van der Waals surface area contributed by atoms with Gasteiger partial charge in [-0.05, 0) is 30.2 Å². The lowest BCUT2D eigenvalue weighted by atomic mass is 10.2. The maximum atomic E-state index is 12.3. The molecule has 2 rings (SSSR count). The second-order valence-electron chi connectivity index (χ2n) is 4.64. The van der Waals surface area contributed by atoms with Gasteiger partial charge in [-0.3, -0.25) is 4.72 Å². The molecule has 6 heteroatoms. The number of hydrogen-bond acceptors (Lipinski definition) is 3. The summed E-state index contributed by atoms with van der Waals surface area (Å²) in [5, 5.41) is 0. The summed E-state index contributed by atoms with van der Waals surface area (Å²) >= 11 is 0. The number of nitrogens with zero attached hydrogens (tertiary/aromatic N) is 1. The van der Waals surface area contributed by atoms with Crippen molar-refractivity contribution in [1.29, 1.82) is 0 Å². The highest BCUT2D eigenvalue weighted by Gasteiger charge is 2.17. The maximum Gasteiger partial charge on any atom is 0.263 e. The van der Waals surface area contributed by atoms with Crippen LogP contribution in [0.5, 0.6) is 0 Å². The third-order valence-electron chi connectivity index (χ3n) is 3.22. The molecule has 0 aliphatic heterocycles. The van der Waals surface area contributed by atoms with Gasteiger partial charge in [0.2, 0.25) is 0 Å². The van der Waals surface area contributed by atoms with Crippen molar-refractivity contribution < 1.29 is 8.42 Å². The van der Waals surface area contributed by atoms with Crippen molar-refractivity contribution in [3.8, 4) is 0 Å². The van der Waals surface area contributed by atoms with Gasteiger partial charge >= 0.3 is 0 Å². The molecule has 1 aromatic carbocycles. The highest BCUT2D eigenvalue weighted by Crippen LogP contribution is 2.18. The molecule has 0 bridgehead atoms. The fraction of sp³-hybridized carbons (Fsp3) is 0.286. The van der Waals surface area contributed by atoms with Crippen LogP contribution in [0.15, 0.2) is 41.4 Å². The van der Waals surface area contributed by atoms with Gasteiger partial charge in [-0.2, -0.15) is 0 Å². The number of anilines is 1. The first-order valence-electron chi connectivity index (χ1n) is 6.43. The standard InChI is InChI=1S/C14H19N3O2S/c1-3-11-4-6-12(7-5-11)16-20(18,19)14-8-13(9-15)17(2)10-14/h4-8,10,16H,3,9,15H2,1-2H3. The number of rotatable bonds is 5. The molecule has 0 atom stereocenters. The molecule has 0 aliphatic rings. The van der Waals surface area contributed by atoms with Gasteiger partial charge in [0, 0.05) is 31.2 Å². The minimum atomic E-state index is -3.57. The van der Waals surface area contributed by atoms with Crippen molar-refractivity contribution in [2.24, 2.45) is 12.8 Å². The number of aromatic nitrogens is 1. The Kier molecular flexibility index (Phi) is 4.15. The van der Waals surface area contributed by atoms with E-state index in [1.807, 2.05) is 12.1 Å². The Morgan fingerprint density at radius 1 is 1.25 bits per heavy atom. The van der Waals surface area contributed by atoms with Crippen molar-refractivity contribution in [3.63, 3.8) is 0 Å². The highest BCUT2D eigenvalue weighted by molar-refractivity contribution is 7.92. The van der Waals surface area contributed by atoms with Gasteiger partial charge in [-0.15, -0.1) is 0 Å². The van der Waals surface area contributed by atoms with Crippen LogP contribution in [-0.2, 0) is 30.0 Å². The fourth-order valence-electron chi connectivity index (χ4n) is 1.95. The molecule has 108 valence electrons. The average Bonchev–Trinajstić information content (AvgIpc) is 2.81. The average molecular weight is 293 g/mol. The quantitative estimate of drug-likeness (QED) is 0.883. The van der Waals surface area contributed by atoms with Gasteiger partial charge < -0.3 is 10.3 Å². The molecule has 0 unspecified atom stereocenters. The van der Waals surface area contributed by atoms with Crippen LogP contribution in [0.2, 0.25) is 0 Å². The lowest BCUT2D eigenvalue weighted by Crippen LogP contribution is -2.12. The first-order chi connectivity index (χ1) is 9.46. The molecule has 0 saturated heterocycles. The van der Waals surface area contributed by atoms with E-state index in [4.69, 9.17) is 5.73 Å². The minimum absolute atomic E-state index is 0.222. The molecule has 3 N–H and O–H groups in total. The Morgan fingerprint density at radius 2 is 1.90 bits per heavy atom. The van der Waals surface area contributed by atoms with Crippen LogP contribution in [0, 0.1) is 0 Å². The van der Waals surface area contributed by atoms with Crippen LogP contribution in [0.25, 0.3) is 0 Å². The van der Waals surface area contributed by atoms with Gasteiger partial charge in [0.25, 0.3) is 10.0 Å². The molecule has 0 saturated carbocycles. The monoisotopic (exact) mass is 293 g/mol. The van der Waals surface area contributed by atoms with E-state index in [-0.39, 0.29) is 4.90 Å². The summed E-state index contributed by atoms with van der Waals surface area (Å²) in [6.07, 6.45) is 2.48. The van der Waals surface area contributed by atoms with E-state index in [0.717, 1.165) is 17.7 Å². The van der Waals surface area contributed by atoms with Gasteiger partial charge in [0.05, 0.1) is 0 Å². The molecular formula is C14H19N3O2S. The smallest absolute Gasteiger partial charge is 0.263 e. The number of nitrogens with two attached hydrogens (primary N) is 1. The summed E-state index contributed by atoms with van der Waals surface area (Å²) in [5.74, 6) is 0. The molecule has 0 spiro atoms. The summed E-state index contributed by atoms with van der Waals surface area (Å²) in [5.41, 5.74) is 8.05. The van der Waals surface area contributed by atoms with Gasteiger partial charge in [-0.25, -0.2) is 8.42 Å². The normalized spacial score (nSPS) is 11.6. The molecule has 20 heavy (non-hydrogen) atoms. The molecule has 0 radical (unpaired) electrons. The van der Waals surface area contributed by atoms with Crippen LogP contribution in [-0.4, -0.2) is 13.0 Å². The van der Waals surface area contributed by atoms with Gasteiger partial charge in [0.15, 0.2) is 0 Å². The van der Waals surface area contributed by atoms with Crippen molar-refractivity contribution in [3.05, 3.63) is 47.8 Å². The number of aryl methyl sites for hydroxylation is 2. The summed E-state index contributed by atoms with van der Waals surface area (Å²) < 4.78 is 28.8. The summed E-state index contributed by atoms with van der Waals surface area (Å²) in [6.45, 7) is 2.36. The van der Waals surface area contributed by atoms with Crippen LogP contribution in [0.3, 0.4) is 0 Å². The Bertz CT molecular complexity index is 688. The van der Waals surface area contributed by atoms with Crippen molar-refractivity contribution in [2.75, 3.05) is 4.72 Å². The van der Waals surface area contributed by atoms with Gasteiger partial charge in [-0.1, -0.05) is 19.1 Å². The zero-order valence-corrected chi connectivity index (χ0v) is 12.4. The topological polar surface area (TPSA) is 77.1 Å². The predicted molar refractivity (Wildman–Crippen MR) is 79.9 cm³/mol. The fourth-order valence-corrected chi connectivity index (χ4v) is 3.10. The van der Waals surface area contributed by atoms with Gasteiger partial charge in [0.1, 0.15) is 4.90 Å². The lowest BCUT2D eigenvalue weighted by Gasteiger charge is -2.07. The third kappa shape index (κ3) is 3.02. The molecule has 2 aromatic rings. The van der Waals surface area contributed by atoms with E-state index in [1.165, 1.54) is 0 Å². The van der Waals surface area contributed by atoms with E-state index >= 15 is 0 Å². The van der Waals surface area contributed by atoms with Crippen molar-refractivity contribution >= 4 is 15.7 Å². The molecule has 1 aromatic heterocycles. The van der Waals surface area contributed by atoms with Crippen LogP contribution in [0.4, 0.5) is 5.69 Å². The highest BCUT2D eigenvalue weighted by atomic mass is 32.2. The van der Waals surface area contributed by atoms with E-state index in [1.54, 1.807) is 36.0 Å². The first kappa shape index (κ1) is 14.6. The van der Waals surface area contributed by atoms with E-state index in [2.05, 4.69) is 11.6 Å². The zero-order valence-electron chi connectivity index (χ0n) is 11.6. The Hall–Kier alpha value is -1.79.